The maximum Gasteiger partial charge on any atom is 0.251 e. The molecule has 0 bridgehead atoms. The molecule has 0 fully saturated rings. The molecule has 2 aromatic carbocycles. The predicted molar refractivity (Wildman–Crippen MR) is 82.6 cm³/mol. The van der Waals surface area contributed by atoms with Crippen LogP contribution in [0.25, 0.3) is 0 Å². The lowest BCUT2D eigenvalue weighted by atomic mass is 10.1. The maximum atomic E-state index is 12.0. The van der Waals surface area contributed by atoms with Crippen LogP contribution in [0.5, 0.6) is 0 Å². The molecule has 0 unspecified atom stereocenters. The normalized spacial score (nSPS) is 10.2. The van der Waals surface area contributed by atoms with Crippen LogP contribution in [0.3, 0.4) is 0 Å². The number of halogens is 2. The Bertz CT molecular complexity index is 702. The number of benzene rings is 2. The Labute approximate surface area is 131 Å². The van der Waals surface area contributed by atoms with Crippen LogP contribution in [0.2, 0.25) is 10.0 Å². The Hall–Kier alpha value is -2.04. The first-order valence-corrected chi connectivity index (χ1v) is 6.85. The van der Waals surface area contributed by atoms with Gasteiger partial charge in [-0.05, 0) is 35.9 Å². The summed E-state index contributed by atoms with van der Waals surface area (Å²) in [5, 5.41) is 3.45. The van der Waals surface area contributed by atoms with Gasteiger partial charge < -0.3 is 11.1 Å². The van der Waals surface area contributed by atoms with Crippen molar-refractivity contribution in [2.75, 3.05) is 0 Å². The van der Waals surface area contributed by atoms with Crippen molar-refractivity contribution in [3.05, 3.63) is 69.2 Å². The molecule has 0 saturated carbocycles. The summed E-state index contributed by atoms with van der Waals surface area (Å²) in [4.78, 5) is 23.1. The van der Waals surface area contributed by atoms with E-state index in [0.717, 1.165) is 5.56 Å². The summed E-state index contributed by atoms with van der Waals surface area (Å²) in [5.41, 5.74) is 6.80. The molecule has 2 aromatic rings. The molecule has 6 heteroatoms. The fourth-order valence-corrected chi connectivity index (χ4v) is 2.05. The second-order valence-electron chi connectivity index (χ2n) is 4.38. The standard InChI is InChI=1S/C15H12Cl2N2O2/c16-12-5-4-11(7-13(12)17)15(21)19-8-9-2-1-3-10(6-9)14(18)20/h1-7H,8H2,(H2,18,20)(H,19,21). The summed E-state index contributed by atoms with van der Waals surface area (Å²) < 4.78 is 0. The van der Waals surface area contributed by atoms with Crippen molar-refractivity contribution in [1.29, 1.82) is 0 Å². The molecule has 0 aliphatic heterocycles. The molecule has 0 heterocycles. The number of carbonyl (C=O) groups is 2. The van der Waals surface area contributed by atoms with Crippen LogP contribution < -0.4 is 11.1 Å². The van der Waals surface area contributed by atoms with Gasteiger partial charge in [0, 0.05) is 17.7 Å². The lowest BCUT2D eigenvalue weighted by Crippen LogP contribution is -2.23. The van der Waals surface area contributed by atoms with Gasteiger partial charge >= 0.3 is 0 Å². The van der Waals surface area contributed by atoms with E-state index in [2.05, 4.69) is 5.32 Å². The Morgan fingerprint density at radius 3 is 2.43 bits per heavy atom. The molecule has 0 aliphatic rings. The number of amides is 2. The van der Waals surface area contributed by atoms with Crippen LogP contribution >= 0.6 is 23.2 Å². The number of hydrogen-bond acceptors (Lipinski definition) is 2. The molecule has 21 heavy (non-hydrogen) atoms. The Kier molecular flexibility index (Phi) is 4.83. The van der Waals surface area contributed by atoms with Crippen molar-refractivity contribution < 1.29 is 9.59 Å². The molecule has 108 valence electrons. The van der Waals surface area contributed by atoms with Gasteiger partial charge in [0.15, 0.2) is 0 Å². The molecule has 2 rings (SSSR count). The van der Waals surface area contributed by atoms with Crippen molar-refractivity contribution >= 4 is 35.0 Å². The van der Waals surface area contributed by atoms with Gasteiger partial charge in [0.2, 0.25) is 5.91 Å². The van der Waals surface area contributed by atoms with E-state index in [1.165, 1.54) is 6.07 Å². The first kappa shape index (κ1) is 15.4. The number of hydrogen-bond donors (Lipinski definition) is 2. The van der Waals surface area contributed by atoms with Gasteiger partial charge in [0.25, 0.3) is 5.91 Å². The van der Waals surface area contributed by atoms with Crippen molar-refractivity contribution in [3.63, 3.8) is 0 Å². The lowest BCUT2D eigenvalue weighted by molar-refractivity contribution is 0.0950. The number of nitrogens with one attached hydrogen (secondary N) is 1. The van der Waals surface area contributed by atoms with Gasteiger partial charge in [0.05, 0.1) is 10.0 Å². The third-order valence-corrected chi connectivity index (χ3v) is 3.59. The zero-order chi connectivity index (χ0) is 15.4. The van der Waals surface area contributed by atoms with Gasteiger partial charge in [-0.25, -0.2) is 0 Å². The van der Waals surface area contributed by atoms with E-state index in [1.807, 2.05) is 0 Å². The first-order chi connectivity index (χ1) is 9.97. The highest BCUT2D eigenvalue weighted by Gasteiger charge is 2.08. The molecule has 0 aliphatic carbocycles. The van der Waals surface area contributed by atoms with Crippen LogP contribution in [-0.4, -0.2) is 11.8 Å². The molecular weight excluding hydrogens is 311 g/mol. The van der Waals surface area contributed by atoms with Crippen molar-refractivity contribution in [1.82, 2.24) is 5.32 Å². The van der Waals surface area contributed by atoms with Crippen molar-refractivity contribution in [2.24, 2.45) is 5.73 Å². The number of primary amides is 1. The second kappa shape index (κ2) is 6.61. The van der Waals surface area contributed by atoms with Crippen LogP contribution in [-0.2, 0) is 6.54 Å². The Morgan fingerprint density at radius 2 is 1.76 bits per heavy atom. The van der Waals surface area contributed by atoms with Crippen LogP contribution in [0.15, 0.2) is 42.5 Å². The average molecular weight is 323 g/mol. The fraction of sp³-hybridized carbons (Fsp3) is 0.0667. The molecule has 0 saturated heterocycles. The highest BCUT2D eigenvalue weighted by Crippen LogP contribution is 2.22. The SMILES string of the molecule is NC(=O)c1cccc(CNC(=O)c2ccc(Cl)c(Cl)c2)c1. The summed E-state index contributed by atoms with van der Waals surface area (Å²) in [5.74, 6) is -0.786. The van der Waals surface area contributed by atoms with Gasteiger partial charge in [-0.2, -0.15) is 0 Å². The van der Waals surface area contributed by atoms with Crippen molar-refractivity contribution in [3.8, 4) is 0 Å². The van der Waals surface area contributed by atoms with E-state index in [4.69, 9.17) is 28.9 Å². The monoisotopic (exact) mass is 322 g/mol. The van der Waals surface area contributed by atoms with Gasteiger partial charge in [-0.1, -0.05) is 35.3 Å². The molecule has 0 spiro atoms. The summed E-state index contributed by atoms with van der Waals surface area (Å²) in [7, 11) is 0. The molecule has 0 radical (unpaired) electrons. The van der Waals surface area contributed by atoms with Gasteiger partial charge in [0.1, 0.15) is 0 Å². The van der Waals surface area contributed by atoms with E-state index in [-0.39, 0.29) is 12.5 Å². The number of rotatable bonds is 4. The van der Waals surface area contributed by atoms with E-state index in [9.17, 15) is 9.59 Å². The fourth-order valence-electron chi connectivity index (χ4n) is 1.76. The predicted octanol–water partition coefficient (Wildman–Crippen LogP) is 3.02. The van der Waals surface area contributed by atoms with Crippen LogP contribution in [0.4, 0.5) is 0 Å². The largest absolute Gasteiger partial charge is 0.366 e. The van der Waals surface area contributed by atoms with Gasteiger partial charge in [-0.15, -0.1) is 0 Å². The third kappa shape index (κ3) is 3.97. The Balaban J connectivity index is 2.05. The quantitative estimate of drug-likeness (QED) is 0.908. The maximum absolute atomic E-state index is 12.0. The molecule has 3 N–H and O–H groups in total. The number of nitrogens with two attached hydrogens (primary N) is 1. The van der Waals surface area contributed by atoms with E-state index in [1.54, 1.807) is 36.4 Å². The van der Waals surface area contributed by atoms with E-state index < -0.39 is 5.91 Å². The summed E-state index contributed by atoms with van der Waals surface area (Å²) in [6.07, 6.45) is 0. The minimum absolute atomic E-state index is 0.278. The smallest absolute Gasteiger partial charge is 0.251 e. The average Bonchev–Trinajstić information content (AvgIpc) is 2.48. The molecule has 4 nitrogen and oxygen atoms in total. The highest BCUT2D eigenvalue weighted by atomic mass is 35.5. The molecule has 0 aromatic heterocycles. The summed E-state index contributed by atoms with van der Waals surface area (Å²) in [6, 6.07) is 11.4. The first-order valence-electron chi connectivity index (χ1n) is 6.09. The third-order valence-electron chi connectivity index (χ3n) is 2.85. The lowest BCUT2D eigenvalue weighted by Gasteiger charge is -2.07. The van der Waals surface area contributed by atoms with Gasteiger partial charge in [-0.3, -0.25) is 9.59 Å². The minimum Gasteiger partial charge on any atom is -0.366 e. The Morgan fingerprint density at radius 1 is 1.00 bits per heavy atom. The minimum atomic E-state index is -0.507. The van der Waals surface area contributed by atoms with Crippen LogP contribution in [0.1, 0.15) is 26.3 Å². The number of carbonyl (C=O) groups excluding carboxylic acids is 2. The van der Waals surface area contributed by atoms with E-state index in [0.29, 0.717) is 21.2 Å². The zero-order valence-electron chi connectivity index (χ0n) is 10.9. The summed E-state index contributed by atoms with van der Waals surface area (Å²) >= 11 is 11.7. The van der Waals surface area contributed by atoms with Crippen LogP contribution in [0, 0.1) is 0 Å². The molecular formula is C15H12Cl2N2O2. The van der Waals surface area contributed by atoms with Crippen molar-refractivity contribution in [2.45, 2.75) is 6.54 Å². The van der Waals surface area contributed by atoms with E-state index >= 15 is 0 Å². The highest BCUT2D eigenvalue weighted by molar-refractivity contribution is 6.42. The molecule has 2 amide bonds. The second-order valence-corrected chi connectivity index (χ2v) is 5.19. The zero-order valence-corrected chi connectivity index (χ0v) is 12.4. The molecule has 0 atom stereocenters. The topological polar surface area (TPSA) is 72.2 Å². The summed E-state index contributed by atoms with van der Waals surface area (Å²) in [6.45, 7) is 0.278.